The van der Waals surface area contributed by atoms with Crippen molar-refractivity contribution in [1.82, 2.24) is 0 Å². The van der Waals surface area contributed by atoms with Crippen LogP contribution in [0, 0.1) is 10.1 Å². The summed E-state index contributed by atoms with van der Waals surface area (Å²) in [6.07, 6.45) is -4.83. The first-order chi connectivity index (χ1) is 17.5. The minimum Gasteiger partial charge on any atom is -0.454 e. The normalized spacial score (nSPS) is 10.9. The van der Waals surface area contributed by atoms with Crippen LogP contribution in [0.15, 0.2) is 77.7 Å². The van der Waals surface area contributed by atoms with Crippen molar-refractivity contribution < 1.29 is 42.0 Å². The number of ketones is 1. The number of nitrogens with one attached hydrogen (secondary N) is 1. The lowest BCUT2D eigenvalue weighted by Gasteiger charge is -2.11. The second kappa shape index (κ2) is 12.0. The number of ether oxygens (including phenoxy) is 2. The van der Waals surface area contributed by atoms with Gasteiger partial charge in [0.2, 0.25) is 11.7 Å². The summed E-state index contributed by atoms with van der Waals surface area (Å²) in [5.74, 6) is -2.52. The maximum absolute atomic E-state index is 12.6. The first-order valence-electron chi connectivity index (χ1n) is 10.3. The Balaban J connectivity index is 1.55. The van der Waals surface area contributed by atoms with Crippen molar-refractivity contribution in [2.24, 2.45) is 0 Å². The fourth-order valence-electron chi connectivity index (χ4n) is 2.93. The van der Waals surface area contributed by atoms with Gasteiger partial charge in [-0.25, -0.2) is 4.79 Å². The van der Waals surface area contributed by atoms with Gasteiger partial charge in [0.15, 0.2) is 6.61 Å². The molecule has 3 aromatic carbocycles. The topological polar surface area (TPSA) is 125 Å². The number of non-ortho nitro benzene ring substituents is 1. The molecule has 0 heterocycles. The summed E-state index contributed by atoms with van der Waals surface area (Å²) in [5.41, 5.74) is 0.0791. The minimum absolute atomic E-state index is 0.0133. The van der Waals surface area contributed by atoms with Crippen LogP contribution in [-0.4, -0.2) is 41.3 Å². The number of Topliss-reactive ketones (excluding diaryl/α,β-unsaturated/α-hetero) is 1. The second-order valence-electron chi connectivity index (χ2n) is 7.21. The second-order valence-corrected chi connectivity index (χ2v) is 8.23. The molecule has 0 spiro atoms. The highest BCUT2D eigenvalue weighted by atomic mass is 32.2. The van der Waals surface area contributed by atoms with E-state index in [1.165, 1.54) is 36.4 Å². The summed E-state index contributed by atoms with van der Waals surface area (Å²) < 4.78 is 45.6. The van der Waals surface area contributed by atoms with E-state index in [1.54, 1.807) is 18.2 Å². The Morgan fingerprint density at radius 2 is 1.68 bits per heavy atom. The van der Waals surface area contributed by atoms with Crippen molar-refractivity contribution >= 4 is 40.8 Å². The summed E-state index contributed by atoms with van der Waals surface area (Å²) in [6.45, 7) is -0.645. The molecule has 3 aromatic rings. The largest absolute Gasteiger partial charge is 0.573 e. The summed E-state index contributed by atoms with van der Waals surface area (Å²) in [6, 6.07) is 15.8. The van der Waals surface area contributed by atoms with Crippen molar-refractivity contribution in [3.63, 3.8) is 0 Å². The number of amides is 1. The first kappa shape index (κ1) is 27.2. The number of alkyl halides is 3. The number of hydrogen-bond acceptors (Lipinski definition) is 8. The number of halogens is 3. The lowest BCUT2D eigenvalue weighted by molar-refractivity contribution is -0.384. The molecule has 1 N–H and O–H groups in total. The lowest BCUT2D eigenvalue weighted by Crippen LogP contribution is -2.17. The van der Waals surface area contributed by atoms with Crippen molar-refractivity contribution in [2.45, 2.75) is 11.3 Å². The highest BCUT2D eigenvalue weighted by Crippen LogP contribution is 2.26. The molecule has 3 rings (SSSR count). The monoisotopic (exact) mass is 534 g/mol. The molecule has 0 aliphatic carbocycles. The number of carbonyl (C=O) groups excluding carboxylic acids is 3. The van der Waals surface area contributed by atoms with E-state index in [2.05, 4.69) is 10.1 Å². The Bertz CT molecular complexity index is 1310. The molecule has 0 saturated carbocycles. The number of benzene rings is 3. The van der Waals surface area contributed by atoms with Crippen molar-refractivity contribution in [3.05, 3.63) is 94.0 Å². The zero-order valence-corrected chi connectivity index (χ0v) is 19.5. The van der Waals surface area contributed by atoms with E-state index in [0.29, 0.717) is 4.90 Å². The van der Waals surface area contributed by atoms with Crippen LogP contribution in [0.1, 0.15) is 20.7 Å². The third-order valence-electron chi connectivity index (χ3n) is 4.55. The molecule has 0 bridgehead atoms. The molecule has 0 atom stereocenters. The molecule has 9 nitrogen and oxygen atoms in total. The van der Waals surface area contributed by atoms with E-state index in [0.717, 1.165) is 30.0 Å². The molecule has 0 unspecified atom stereocenters. The number of carbonyl (C=O) groups is 3. The Morgan fingerprint density at radius 1 is 0.973 bits per heavy atom. The summed E-state index contributed by atoms with van der Waals surface area (Å²) in [4.78, 5) is 47.7. The van der Waals surface area contributed by atoms with Crippen LogP contribution in [0.4, 0.5) is 24.5 Å². The quantitative estimate of drug-likeness (QED) is 0.123. The molecule has 0 aliphatic rings. The van der Waals surface area contributed by atoms with E-state index in [-0.39, 0.29) is 28.3 Å². The van der Waals surface area contributed by atoms with Gasteiger partial charge in [-0.3, -0.25) is 19.7 Å². The van der Waals surface area contributed by atoms with Gasteiger partial charge in [-0.2, -0.15) is 0 Å². The first-order valence-corrected chi connectivity index (χ1v) is 11.3. The van der Waals surface area contributed by atoms with Gasteiger partial charge in [0, 0.05) is 28.3 Å². The van der Waals surface area contributed by atoms with E-state index in [1.807, 2.05) is 0 Å². The Hall–Kier alpha value is -4.39. The number of nitro groups is 1. The van der Waals surface area contributed by atoms with Crippen LogP contribution in [0.25, 0.3) is 0 Å². The van der Waals surface area contributed by atoms with E-state index in [9.17, 15) is 37.7 Å². The smallest absolute Gasteiger partial charge is 0.454 e. The summed E-state index contributed by atoms with van der Waals surface area (Å²) >= 11 is 1.00. The van der Waals surface area contributed by atoms with Gasteiger partial charge in [0.05, 0.1) is 16.2 Å². The number of hydrogen-bond donors (Lipinski definition) is 1. The van der Waals surface area contributed by atoms with Gasteiger partial charge >= 0.3 is 12.3 Å². The molecule has 0 saturated heterocycles. The lowest BCUT2D eigenvalue weighted by atomic mass is 10.1. The zero-order valence-electron chi connectivity index (χ0n) is 18.7. The molecule has 1 amide bonds. The van der Waals surface area contributed by atoms with Crippen LogP contribution in [0.5, 0.6) is 5.75 Å². The number of nitrogens with zero attached hydrogens (tertiary/aromatic N) is 1. The van der Waals surface area contributed by atoms with Crippen LogP contribution < -0.4 is 10.1 Å². The van der Waals surface area contributed by atoms with Gasteiger partial charge in [-0.05, 0) is 36.4 Å². The van der Waals surface area contributed by atoms with E-state index in [4.69, 9.17) is 4.74 Å². The van der Waals surface area contributed by atoms with Crippen LogP contribution in [0.3, 0.4) is 0 Å². The fourth-order valence-corrected chi connectivity index (χ4v) is 3.77. The Labute approximate surface area is 211 Å². The molecular weight excluding hydrogens is 517 g/mol. The highest BCUT2D eigenvalue weighted by Gasteiger charge is 2.31. The molecule has 0 aromatic heterocycles. The van der Waals surface area contributed by atoms with Gasteiger partial charge in [0.25, 0.3) is 5.69 Å². The average molecular weight is 534 g/mol. The number of thioether (sulfide) groups is 1. The third kappa shape index (κ3) is 8.35. The highest BCUT2D eigenvalue weighted by molar-refractivity contribution is 8.00. The van der Waals surface area contributed by atoms with E-state index < -0.39 is 41.3 Å². The van der Waals surface area contributed by atoms with Crippen molar-refractivity contribution in [1.29, 1.82) is 0 Å². The van der Waals surface area contributed by atoms with Crippen molar-refractivity contribution in [2.75, 3.05) is 17.7 Å². The van der Waals surface area contributed by atoms with Crippen LogP contribution >= 0.6 is 11.8 Å². The van der Waals surface area contributed by atoms with Gasteiger partial charge in [0.1, 0.15) is 5.75 Å². The summed E-state index contributed by atoms with van der Waals surface area (Å²) in [5, 5.41) is 13.4. The predicted octanol–water partition coefficient (Wildman–Crippen LogP) is 5.26. The van der Waals surface area contributed by atoms with Gasteiger partial charge in [-0.15, -0.1) is 24.9 Å². The molecule has 37 heavy (non-hydrogen) atoms. The third-order valence-corrected chi connectivity index (χ3v) is 5.62. The van der Waals surface area contributed by atoms with Crippen LogP contribution in [0.2, 0.25) is 0 Å². The standard InChI is InChI=1S/C24H17F3N2O7S/c25-24(26,27)36-18-10-8-16(9-11-18)28-22(31)14-37-21-7-2-1-6-19(21)23(32)35-13-20(30)15-4-3-5-17(12-15)29(33)34/h1-12H,13-14H2,(H,28,31). The molecule has 0 fully saturated rings. The SMILES string of the molecule is O=C(CSc1ccccc1C(=O)OCC(=O)c1cccc([N+](=O)[O-])c1)Nc1ccc(OC(F)(F)F)cc1. The number of rotatable bonds is 10. The minimum atomic E-state index is -4.83. The molecule has 0 aliphatic heterocycles. The summed E-state index contributed by atoms with van der Waals surface area (Å²) in [7, 11) is 0. The Kier molecular flexibility index (Phi) is 8.85. The number of nitro benzene ring substituents is 1. The average Bonchev–Trinajstić information content (AvgIpc) is 2.86. The maximum atomic E-state index is 12.6. The number of esters is 1. The molecular formula is C24H17F3N2O7S. The molecule has 0 radical (unpaired) electrons. The maximum Gasteiger partial charge on any atom is 0.573 e. The van der Waals surface area contributed by atoms with Crippen molar-refractivity contribution in [3.8, 4) is 5.75 Å². The zero-order chi connectivity index (χ0) is 27.0. The van der Waals surface area contributed by atoms with Gasteiger partial charge in [-0.1, -0.05) is 24.3 Å². The fraction of sp³-hybridized carbons (Fsp3) is 0.125. The molecule has 192 valence electrons. The molecule has 13 heteroatoms. The number of anilines is 1. The Morgan fingerprint density at radius 3 is 2.35 bits per heavy atom. The predicted molar refractivity (Wildman–Crippen MR) is 127 cm³/mol. The van der Waals surface area contributed by atoms with E-state index >= 15 is 0 Å². The van der Waals surface area contributed by atoms with Crippen LogP contribution in [-0.2, 0) is 9.53 Å². The van der Waals surface area contributed by atoms with Gasteiger partial charge < -0.3 is 14.8 Å².